The monoisotopic (exact) mass is 190 g/mol. The number of Topliss-reactive ketones (excluding diaryl/α,β-unsaturated/α-hetero) is 1. The van der Waals surface area contributed by atoms with Crippen molar-refractivity contribution in [3.8, 4) is 0 Å². The van der Waals surface area contributed by atoms with Crippen LogP contribution in [0, 0.1) is 5.41 Å². The number of aliphatic hydroxyl groups is 3. The Kier molecular flexibility index (Phi) is 5.13. The average molecular weight is 190 g/mol. The van der Waals surface area contributed by atoms with Crippen LogP contribution >= 0.6 is 0 Å². The molecule has 1 atom stereocenters. The molecule has 0 saturated carbocycles. The van der Waals surface area contributed by atoms with Gasteiger partial charge in [-0.25, -0.2) is 0 Å². The normalized spacial score (nSPS) is 14.2. The second-order valence-corrected chi connectivity index (χ2v) is 3.75. The highest BCUT2D eigenvalue weighted by molar-refractivity contribution is 5.76. The molecule has 0 bridgehead atoms. The highest BCUT2D eigenvalue weighted by Gasteiger charge is 2.31. The molecule has 3 N–H and O–H groups in total. The van der Waals surface area contributed by atoms with Gasteiger partial charge in [0.15, 0.2) is 0 Å². The van der Waals surface area contributed by atoms with Gasteiger partial charge in [-0.1, -0.05) is 0 Å². The molecular formula is C9H18O4. The average Bonchev–Trinajstić information content (AvgIpc) is 2.01. The lowest BCUT2D eigenvalue weighted by Crippen LogP contribution is -2.35. The maximum Gasteiger partial charge on any atom is 0.130 e. The fourth-order valence-electron chi connectivity index (χ4n) is 1.52. The van der Waals surface area contributed by atoms with Gasteiger partial charge in [-0.3, -0.25) is 0 Å². The van der Waals surface area contributed by atoms with Gasteiger partial charge in [0.1, 0.15) is 5.78 Å². The van der Waals surface area contributed by atoms with Crippen LogP contribution in [0.4, 0.5) is 0 Å². The minimum Gasteiger partial charge on any atom is -0.396 e. The molecular weight excluding hydrogens is 172 g/mol. The predicted molar refractivity (Wildman–Crippen MR) is 48.2 cm³/mol. The van der Waals surface area contributed by atoms with E-state index < -0.39 is 11.5 Å². The van der Waals surface area contributed by atoms with E-state index in [1.807, 2.05) is 0 Å². The minimum atomic E-state index is -0.861. The Hall–Kier alpha value is -0.450. The van der Waals surface area contributed by atoms with Crippen LogP contribution < -0.4 is 0 Å². The molecule has 0 aromatic rings. The summed E-state index contributed by atoms with van der Waals surface area (Å²) in [5.41, 5.74) is -0.861. The second kappa shape index (κ2) is 5.32. The van der Waals surface area contributed by atoms with Crippen molar-refractivity contribution in [3.05, 3.63) is 0 Å². The van der Waals surface area contributed by atoms with Crippen LogP contribution in [0.15, 0.2) is 0 Å². The first kappa shape index (κ1) is 12.6. The Balaban J connectivity index is 4.39. The molecule has 0 radical (unpaired) electrons. The van der Waals surface area contributed by atoms with E-state index in [0.717, 1.165) is 0 Å². The quantitative estimate of drug-likeness (QED) is 0.537. The molecule has 4 nitrogen and oxygen atoms in total. The molecule has 0 aliphatic carbocycles. The van der Waals surface area contributed by atoms with Crippen molar-refractivity contribution < 1.29 is 20.1 Å². The van der Waals surface area contributed by atoms with Gasteiger partial charge >= 0.3 is 0 Å². The van der Waals surface area contributed by atoms with E-state index in [9.17, 15) is 4.79 Å². The minimum absolute atomic E-state index is 0.0937. The summed E-state index contributed by atoms with van der Waals surface area (Å²) in [5, 5.41) is 27.2. The molecule has 0 spiro atoms. The lowest BCUT2D eigenvalue weighted by Gasteiger charge is -2.29. The first-order valence-electron chi connectivity index (χ1n) is 4.35. The summed E-state index contributed by atoms with van der Waals surface area (Å²) in [4.78, 5) is 10.9. The van der Waals surface area contributed by atoms with E-state index in [1.54, 1.807) is 6.92 Å². The summed E-state index contributed by atoms with van der Waals surface area (Å²) < 4.78 is 0. The van der Waals surface area contributed by atoms with Crippen molar-refractivity contribution in [1.82, 2.24) is 0 Å². The van der Waals surface area contributed by atoms with E-state index in [0.29, 0.717) is 0 Å². The van der Waals surface area contributed by atoms with Gasteiger partial charge in [-0.05, 0) is 20.3 Å². The third kappa shape index (κ3) is 4.36. The van der Waals surface area contributed by atoms with Gasteiger partial charge in [0, 0.05) is 11.8 Å². The summed E-state index contributed by atoms with van der Waals surface area (Å²) in [6, 6.07) is 0. The Bertz CT molecular complexity index is 161. The molecule has 0 aliphatic rings. The summed E-state index contributed by atoms with van der Waals surface area (Å²) in [7, 11) is 0. The zero-order valence-electron chi connectivity index (χ0n) is 8.16. The Morgan fingerprint density at radius 1 is 1.38 bits per heavy atom. The largest absolute Gasteiger partial charge is 0.396 e. The fraction of sp³-hybridized carbons (Fsp3) is 0.889. The standard InChI is InChI=1S/C9H18O4/c1-7(12)3-9(5-10,6-11)4-8(2)13/h7,10-12H,3-6H2,1-2H3. The molecule has 0 fully saturated rings. The van der Waals surface area contributed by atoms with Crippen LogP contribution in [0.5, 0.6) is 0 Å². The van der Waals surface area contributed by atoms with Crippen LogP contribution in [-0.2, 0) is 4.79 Å². The first-order valence-corrected chi connectivity index (χ1v) is 4.35. The van der Waals surface area contributed by atoms with Crippen LogP contribution in [0.3, 0.4) is 0 Å². The van der Waals surface area contributed by atoms with Crippen LogP contribution in [-0.4, -0.2) is 40.4 Å². The second-order valence-electron chi connectivity index (χ2n) is 3.75. The van der Waals surface area contributed by atoms with Gasteiger partial charge in [0.25, 0.3) is 0 Å². The molecule has 0 heterocycles. The van der Waals surface area contributed by atoms with Crippen LogP contribution in [0.2, 0.25) is 0 Å². The zero-order valence-corrected chi connectivity index (χ0v) is 8.16. The molecule has 0 saturated heterocycles. The van der Waals surface area contributed by atoms with Gasteiger partial charge in [-0.15, -0.1) is 0 Å². The van der Waals surface area contributed by atoms with Crippen molar-refractivity contribution in [2.45, 2.75) is 32.8 Å². The molecule has 0 aromatic heterocycles. The third-order valence-corrected chi connectivity index (χ3v) is 2.02. The molecule has 13 heavy (non-hydrogen) atoms. The van der Waals surface area contributed by atoms with Gasteiger partial charge in [0.2, 0.25) is 0 Å². The molecule has 4 heteroatoms. The molecule has 1 unspecified atom stereocenters. The molecule has 0 aliphatic heterocycles. The van der Waals surface area contributed by atoms with Crippen molar-refractivity contribution in [3.63, 3.8) is 0 Å². The van der Waals surface area contributed by atoms with Crippen molar-refractivity contribution >= 4 is 5.78 Å². The van der Waals surface area contributed by atoms with E-state index in [2.05, 4.69) is 0 Å². The van der Waals surface area contributed by atoms with Gasteiger partial charge in [-0.2, -0.15) is 0 Å². The van der Waals surface area contributed by atoms with Crippen molar-refractivity contribution in [2.24, 2.45) is 5.41 Å². The fourth-order valence-corrected chi connectivity index (χ4v) is 1.52. The Morgan fingerprint density at radius 2 is 1.85 bits per heavy atom. The third-order valence-electron chi connectivity index (χ3n) is 2.02. The summed E-state index contributed by atoms with van der Waals surface area (Å²) in [6.07, 6.45) is -0.288. The zero-order chi connectivity index (χ0) is 10.5. The van der Waals surface area contributed by atoms with Crippen LogP contribution in [0.25, 0.3) is 0 Å². The molecule has 0 aromatic carbocycles. The summed E-state index contributed by atoms with van der Waals surface area (Å²) >= 11 is 0. The van der Waals surface area contributed by atoms with Gasteiger partial charge < -0.3 is 20.1 Å². The Morgan fingerprint density at radius 3 is 2.08 bits per heavy atom. The molecule has 0 rings (SSSR count). The number of hydrogen-bond donors (Lipinski definition) is 3. The van der Waals surface area contributed by atoms with E-state index in [1.165, 1.54) is 6.92 Å². The highest BCUT2D eigenvalue weighted by Crippen LogP contribution is 2.27. The Labute approximate surface area is 78.2 Å². The highest BCUT2D eigenvalue weighted by atomic mass is 16.3. The summed E-state index contributed by atoms with van der Waals surface area (Å²) in [6.45, 7) is 2.41. The van der Waals surface area contributed by atoms with Crippen LogP contribution in [0.1, 0.15) is 26.7 Å². The number of hydrogen-bond acceptors (Lipinski definition) is 4. The number of aliphatic hydroxyl groups excluding tert-OH is 3. The van der Waals surface area contributed by atoms with E-state index in [4.69, 9.17) is 15.3 Å². The van der Waals surface area contributed by atoms with E-state index >= 15 is 0 Å². The SMILES string of the molecule is CC(=O)CC(CO)(CO)CC(C)O. The lowest BCUT2D eigenvalue weighted by atomic mass is 9.80. The van der Waals surface area contributed by atoms with Crippen molar-refractivity contribution in [2.75, 3.05) is 13.2 Å². The topological polar surface area (TPSA) is 77.8 Å². The molecule has 0 amide bonds. The van der Waals surface area contributed by atoms with E-state index in [-0.39, 0.29) is 31.8 Å². The predicted octanol–water partition coefficient (Wildman–Crippen LogP) is -0.293. The number of rotatable bonds is 6. The maximum atomic E-state index is 10.9. The lowest BCUT2D eigenvalue weighted by molar-refractivity contribution is -0.122. The number of carbonyl (C=O) groups excluding carboxylic acids is 1. The summed E-state index contributed by atoms with van der Waals surface area (Å²) in [5.74, 6) is -0.0937. The number of ketones is 1. The van der Waals surface area contributed by atoms with Crippen molar-refractivity contribution in [1.29, 1.82) is 0 Å². The molecule has 78 valence electrons. The van der Waals surface area contributed by atoms with Gasteiger partial charge in [0.05, 0.1) is 19.3 Å². The maximum absolute atomic E-state index is 10.9. The number of carbonyl (C=O) groups is 1. The first-order chi connectivity index (χ1) is 5.95. The smallest absolute Gasteiger partial charge is 0.130 e.